The Balaban J connectivity index is 2.86. The molecule has 0 saturated carbocycles. The fourth-order valence-corrected chi connectivity index (χ4v) is 1.15. The Labute approximate surface area is 72.2 Å². The molecule has 0 radical (unpaired) electrons. The van der Waals surface area contributed by atoms with Crippen molar-refractivity contribution in [3.8, 4) is 5.75 Å². The lowest BCUT2D eigenvalue weighted by Crippen LogP contribution is -1.90. The highest BCUT2D eigenvalue weighted by atomic mass is 19.1. The summed E-state index contributed by atoms with van der Waals surface area (Å²) in [5, 5.41) is 0. The number of hydrogen-bond acceptors (Lipinski definition) is 1. The maximum Gasteiger partial charge on any atom is 0.165 e. The van der Waals surface area contributed by atoms with Gasteiger partial charge in [0.25, 0.3) is 0 Å². The highest BCUT2D eigenvalue weighted by Crippen LogP contribution is 2.18. The van der Waals surface area contributed by atoms with Crippen molar-refractivity contribution in [2.24, 2.45) is 0 Å². The maximum absolute atomic E-state index is 13.0. The molecule has 1 aromatic rings. The van der Waals surface area contributed by atoms with E-state index in [1.165, 1.54) is 13.2 Å². The monoisotopic (exact) mass is 168 g/mol. The van der Waals surface area contributed by atoms with Crippen LogP contribution in [-0.4, -0.2) is 7.11 Å². The van der Waals surface area contributed by atoms with Crippen molar-refractivity contribution in [3.63, 3.8) is 0 Å². The normalized spacial score (nSPS) is 9.92. The highest BCUT2D eigenvalue weighted by molar-refractivity contribution is 5.29. The van der Waals surface area contributed by atoms with E-state index in [-0.39, 0.29) is 5.82 Å². The lowest BCUT2D eigenvalue weighted by Gasteiger charge is -2.03. The molecule has 0 heterocycles. The van der Waals surface area contributed by atoms with Gasteiger partial charge in [-0.2, -0.15) is 0 Å². The average molecular weight is 168 g/mol. The van der Waals surface area contributed by atoms with Crippen LogP contribution >= 0.6 is 0 Å². The van der Waals surface area contributed by atoms with E-state index in [4.69, 9.17) is 4.74 Å². The molecular weight excluding hydrogens is 155 g/mol. The molecule has 0 amide bonds. The predicted molar refractivity (Wildman–Crippen MR) is 46.9 cm³/mol. The zero-order chi connectivity index (χ0) is 8.97. The van der Waals surface area contributed by atoms with Crippen LogP contribution < -0.4 is 4.74 Å². The van der Waals surface area contributed by atoms with Crippen LogP contribution in [0.2, 0.25) is 0 Å². The first kappa shape index (κ1) is 9.04. The zero-order valence-corrected chi connectivity index (χ0v) is 7.43. The van der Waals surface area contributed by atoms with Crippen molar-refractivity contribution in [1.82, 2.24) is 0 Å². The first-order chi connectivity index (χ1) is 5.77. The van der Waals surface area contributed by atoms with Crippen molar-refractivity contribution in [1.29, 1.82) is 0 Å². The molecule has 1 nitrogen and oxygen atoms in total. The van der Waals surface area contributed by atoms with Crippen LogP contribution in [0.1, 0.15) is 18.9 Å². The number of methoxy groups -OCH3 is 1. The van der Waals surface area contributed by atoms with Crippen molar-refractivity contribution in [2.45, 2.75) is 19.8 Å². The molecule has 0 aromatic heterocycles. The van der Waals surface area contributed by atoms with Gasteiger partial charge in [0.1, 0.15) is 0 Å². The summed E-state index contributed by atoms with van der Waals surface area (Å²) in [6.45, 7) is 2.07. The minimum atomic E-state index is -0.275. The molecule has 0 aliphatic rings. The first-order valence-electron chi connectivity index (χ1n) is 4.10. The molecule has 0 aliphatic heterocycles. The Morgan fingerprint density at radius 1 is 1.42 bits per heavy atom. The molecule has 0 saturated heterocycles. The van der Waals surface area contributed by atoms with Crippen LogP contribution in [0.5, 0.6) is 5.75 Å². The summed E-state index contributed by atoms with van der Waals surface area (Å²) in [5.41, 5.74) is 1.02. The first-order valence-corrected chi connectivity index (χ1v) is 4.10. The summed E-state index contributed by atoms with van der Waals surface area (Å²) in [6.07, 6.45) is 1.95. The second kappa shape index (κ2) is 4.10. The SMILES string of the molecule is CCCc1ccc(OC)c(F)c1. The minimum absolute atomic E-state index is 0.275. The standard InChI is InChI=1S/C10H13FO/c1-3-4-8-5-6-10(12-2)9(11)7-8/h5-7H,3-4H2,1-2H3. The largest absolute Gasteiger partial charge is 0.494 e. The van der Waals surface area contributed by atoms with Gasteiger partial charge in [-0.25, -0.2) is 4.39 Å². The Hall–Kier alpha value is -1.05. The van der Waals surface area contributed by atoms with Crippen LogP contribution in [0.15, 0.2) is 18.2 Å². The highest BCUT2D eigenvalue weighted by Gasteiger charge is 2.01. The van der Waals surface area contributed by atoms with E-state index in [1.54, 1.807) is 6.07 Å². The van der Waals surface area contributed by atoms with Gasteiger partial charge in [0.05, 0.1) is 7.11 Å². The molecule has 2 heteroatoms. The van der Waals surface area contributed by atoms with Crippen LogP contribution in [0, 0.1) is 5.82 Å². The van der Waals surface area contributed by atoms with E-state index in [1.807, 2.05) is 6.07 Å². The maximum atomic E-state index is 13.0. The fraction of sp³-hybridized carbons (Fsp3) is 0.400. The lowest BCUT2D eigenvalue weighted by atomic mass is 10.1. The zero-order valence-electron chi connectivity index (χ0n) is 7.43. The molecule has 0 unspecified atom stereocenters. The van der Waals surface area contributed by atoms with Gasteiger partial charge in [0, 0.05) is 0 Å². The van der Waals surface area contributed by atoms with Crippen molar-refractivity contribution >= 4 is 0 Å². The second-order valence-electron chi connectivity index (χ2n) is 2.72. The summed E-state index contributed by atoms with van der Waals surface area (Å²) in [5.74, 6) is 0.0401. The molecule has 0 N–H and O–H groups in total. The van der Waals surface area contributed by atoms with Crippen molar-refractivity contribution in [3.05, 3.63) is 29.6 Å². The minimum Gasteiger partial charge on any atom is -0.494 e. The fourth-order valence-electron chi connectivity index (χ4n) is 1.15. The third-order valence-electron chi connectivity index (χ3n) is 1.75. The van der Waals surface area contributed by atoms with E-state index in [0.717, 1.165) is 18.4 Å². The smallest absolute Gasteiger partial charge is 0.165 e. The molecule has 66 valence electrons. The lowest BCUT2D eigenvalue weighted by molar-refractivity contribution is 0.386. The summed E-state index contributed by atoms with van der Waals surface area (Å²) in [6, 6.07) is 5.09. The van der Waals surface area contributed by atoms with Crippen molar-refractivity contribution in [2.75, 3.05) is 7.11 Å². The molecule has 1 rings (SSSR count). The quantitative estimate of drug-likeness (QED) is 0.674. The van der Waals surface area contributed by atoms with E-state index in [0.29, 0.717) is 5.75 Å². The molecule has 0 bridgehead atoms. The van der Waals surface area contributed by atoms with E-state index in [9.17, 15) is 4.39 Å². The van der Waals surface area contributed by atoms with Crippen LogP contribution in [0.4, 0.5) is 4.39 Å². The summed E-state index contributed by atoms with van der Waals surface area (Å²) >= 11 is 0. The molecular formula is C10H13FO. The number of halogens is 1. The predicted octanol–water partition coefficient (Wildman–Crippen LogP) is 2.79. The molecule has 0 atom stereocenters. The van der Waals surface area contributed by atoms with Crippen molar-refractivity contribution < 1.29 is 9.13 Å². The molecule has 0 spiro atoms. The third kappa shape index (κ3) is 1.97. The number of benzene rings is 1. The second-order valence-corrected chi connectivity index (χ2v) is 2.72. The van der Waals surface area contributed by atoms with E-state index < -0.39 is 0 Å². The van der Waals surface area contributed by atoms with Gasteiger partial charge in [0.15, 0.2) is 11.6 Å². The van der Waals surface area contributed by atoms with Gasteiger partial charge in [-0.05, 0) is 24.1 Å². The summed E-state index contributed by atoms with van der Waals surface area (Å²) in [4.78, 5) is 0. The molecule has 0 fully saturated rings. The third-order valence-corrected chi connectivity index (χ3v) is 1.75. The Kier molecular flexibility index (Phi) is 3.09. The Bertz CT molecular complexity index is 258. The van der Waals surface area contributed by atoms with Gasteiger partial charge in [0.2, 0.25) is 0 Å². The van der Waals surface area contributed by atoms with Gasteiger partial charge >= 0.3 is 0 Å². The molecule has 0 aliphatic carbocycles. The van der Waals surface area contributed by atoms with Gasteiger partial charge in [-0.3, -0.25) is 0 Å². The average Bonchev–Trinajstić information content (AvgIpc) is 2.05. The van der Waals surface area contributed by atoms with Gasteiger partial charge in [-0.15, -0.1) is 0 Å². The molecule has 1 aromatic carbocycles. The summed E-state index contributed by atoms with van der Waals surface area (Å²) < 4.78 is 17.9. The van der Waals surface area contributed by atoms with E-state index in [2.05, 4.69) is 6.92 Å². The molecule has 12 heavy (non-hydrogen) atoms. The Morgan fingerprint density at radius 3 is 2.67 bits per heavy atom. The number of rotatable bonds is 3. The number of ether oxygens (including phenoxy) is 1. The van der Waals surface area contributed by atoms with Gasteiger partial charge < -0.3 is 4.74 Å². The Morgan fingerprint density at radius 2 is 2.17 bits per heavy atom. The van der Waals surface area contributed by atoms with Gasteiger partial charge in [-0.1, -0.05) is 19.4 Å². The van der Waals surface area contributed by atoms with Crippen LogP contribution in [-0.2, 0) is 6.42 Å². The number of hydrogen-bond donors (Lipinski definition) is 0. The summed E-state index contributed by atoms with van der Waals surface area (Å²) in [7, 11) is 1.47. The number of aryl methyl sites for hydroxylation is 1. The van der Waals surface area contributed by atoms with Crippen LogP contribution in [0.25, 0.3) is 0 Å². The van der Waals surface area contributed by atoms with Crippen LogP contribution in [0.3, 0.4) is 0 Å². The van der Waals surface area contributed by atoms with E-state index >= 15 is 0 Å². The topological polar surface area (TPSA) is 9.23 Å².